The lowest BCUT2D eigenvalue weighted by molar-refractivity contribution is 0.0940. The smallest absolute Gasteiger partial charge is 0.264 e. The third-order valence-electron chi connectivity index (χ3n) is 5.40. The molecule has 0 heterocycles. The van der Waals surface area contributed by atoms with Crippen LogP contribution < -0.4 is 9.62 Å². The van der Waals surface area contributed by atoms with Crippen LogP contribution >= 0.6 is 0 Å². The number of benzene rings is 3. The molecular weight excluding hydrogens is 408 g/mol. The highest BCUT2D eigenvalue weighted by Crippen LogP contribution is 2.26. The van der Waals surface area contributed by atoms with Crippen molar-refractivity contribution in [1.29, 1.82) is 0 Å². The van der Waals surface area contributed by atoms with Gasteiger partial charge in [0.1, 0.15) is 0 Å². The van der Waals surface area contributed by atoms with E-state index in [0.29, 0.717) is 16.8 Å². The van der Waals surface area contributed by atoms with Crippen molar-refractivity contribution >= 4 is 21.6 Å². The molecule has 1 N–H and O–H groups in total. The van der Waals surface area contributed by atoms with Gasteiger partial charge in [-0.25, -0.2) is 8.42 Å². The zero-order valence-electron chi connectivity index (χ0n) is 18.5. The lowest BCUT2D eigenvalue weighted by atomic mass is 10.1. The van der Waals surface area contributed by atoms with Crippen molar-refractivity contribution < 1.29 is 13.2 Å². The first-order valence-corrected chi connectivity index (χ1v) is 11.6. The van der Waals surface area contributed by atoms with E-state index in [0.717, 1.165) is 16.7 Å². The number of rotatable bonds is 6. The molecule has 1 atom stereocenters. The predicted molar refractivity (Wildman–Crippen MR) is 125 cm³/mol. The summed E-state index contributed by atoms with van der Waals surface area (Å²) in [5.41, 5.74) is 4.90. The Morgan fingerprint density at radius 1 is 0.871 bits per heavy atom. The van der Waals surface area contributed by atoms with E-state index in [1.54, 1.807) is 49.4 Å². The van der Waals surface area contributed by atoms with Crippen molar-refractivity contribution in [3.63, 3.8) is 0 Å². The number of carbonyl (C=O) groups is 1. The molecule has 0 spiro atoms. The van der Waals surface area contributed by atoms with E-state index in [4.69, 9.17) is 0 Å². The van der Waals surface area contributed by atoms with Gasteiger partial charge in [-0.1, -0.05) is 47.5 Å². The van der Waals surface area contributed by atoms with Crippen LogP contribution in [0.15, 0.2) is 71.6 Å². The number of aryl methyl sites for hydroxylation is 3. The molecule has 0 radical (unpaired) electrons. The van der Waals surface area contributed by atoms with Gasteiger partial charge in [-0.3, -0.25) is 9.10 Å². The molecule has 162 valence electrons. The second kappa shape index (κ2) is 8.94. The average molecular weight is 437 g/mol. The molecule has 5 nitrogen and oxygen atoms in total. The highest BCUT2D eigenvalue weighted by Gasteiger charge is 2.23. The molecule has 0 aliphatic carbocycles. The maximum absolute atomic E-state index is 13.0. The van der Waals surface area contributed by atoms with Crippen molar-refractivity contribution in [3.8, 4) is 0 Å². The van der Waals surface area contributed by atoms with Crippen molar-refractivity contribution in [1.82, 2.24) is 5.32 Å². The van der Waals surface area contributed by atoms with E-state index in [1.165, 1.54) is 11.4 Å². The predicted octanol–water partition coefficient (Wildman–Crippen LogP) is 4.93. The topological polar surface area (TPSA) is 66.5 Å². The normalized spacial score (nSPS) is 12.3. The highest BCUT2D eigenvalue weighted by molar-refractivity contribution is 7.92. The van der Waals surface area contributed by atoms with E-state index in [1.807, 2.05) is 45.0 Å². The minimum absolute atomic E-state index is 0.141. The summed E-state index contributed by atoms with van der Waals surface area (Å²) in [7, 11) is -2.17. The first-order chi connectivity index (χ1) is 14.6. The molecule has 3 rings (SSSR count). The van der Waals surface area contributed by atoms with Gasteiger partial charge in [0.2, 0.25) is 0 Å². The monoisotopic (exact) mass is 436 g/mol. The summed E-state index contributed by atoms with van der Waals surface area (Å²) in [5.74, 6) is -0.202. The lowest BCUT2D eigenvalue weighted by Gasteiger charge is -2.22. The van der Waals surface area contributed by atoms with E-state index < -0.39 is 10.0 Å². The Kier molecular flexibility index (Phi) is 6.51. The maximum Gasteiger partial charge on any atom is 0.264 e. The van der Waals surface area contributed by atoms with Gasteiger partial charge < -0.3 is 5.32 Å². The fourth-order valence-corrected chi connectivity index (χ4v) is 4.63. The number of hydrogen-bond acceptors (Lipinski definition) is 3. The summed E-state index contributed by atoms with van der Waals surface area (Å²) >= 11 is 0. The zero-order chi connectivity index (χ0) is 22.8. The summed E-state index contributed by atoms with van der Waals surface area (Å²) in [5, 5.41) is 3.00. The highest BCUT2D eigenvalue weighted by atomic mass is 32.2. The fourth-order valence-electron chi connectivity index (χ4n) is 3.37. The second-order valence-corrected chi connectivity index (χ2v) is 9.86. The minimum atomic E-state index is -3.69. The Labute approximate surface area is 184 Å². The van der Waals surface area contributed by atoms with Crippen LogP contribution in [0.2, 0.25) is 0 Å². The van der Waals surface area contributed by atoms with Crippen molar-refractivity contribution in [2.45, 2.75) is 38.6 Å². The standard InChI is InChI=1S/C25H28N2O3S/c1-17-6-10-21(11-7-17)20(4)26-25(28)22-12-15-24(19(3)16-22)27(5)31(29,30)23-13-8-18(2)9-14-23/h6-16,20H,1-5H3,(H,26,28)/t20-/m0/s1. The molecule has 31 heavy (non-hydrogen) atoms. The number of carbonyl (C=O) groups excluding carboxylic acids is 1. The SMILES string of the molecule is Cc1ccc([C@H](C)NC(=O)c2ccc(N(C)S(=O)(=O)c3ccc(C)cc3)c(C)c2)cc1. The largest absolute Gasteiger partial charge is 0.346 e. The first kappa shape index (κ1) is 22.6. The minimum Gasteiger partial charge on any atom is -0.346 e. The van der Waals surface area contributed by atoms with Gasteiger partial charge in [-0.2, -0.15) is 0 Å². The van der Waals surface area contributed by atoms with Gasteiger partial charge in [0.25, 0.3) is 15.9 Å². The molecule has 0 saturated heterocycles. The van der Waals surface area contributed by atoms with Crippen LogP contribution in [0.1, 0.15) is 45.6 Å². The Morgan fingerprint density at radius 2 is 1.42 bits per heavy atom. The first-order valence-electron chi connectivity index (χ1n) is 10.1. The second-order valence-electron chi connectivity index (χ2n) is 7.89. The van der Waals surface area contributed by atoms with Crippen LogP contribution in [0, 0.1) is 20.8 Å². The number of anilines is 1. The molecule has 1 amide bonds. The summed E-state index contributed by atoms with van der Waals surface area (Å²) in [6.45, 7) is 7.67. The molecule has 0 unspecified atom stereocenters. The van der Waals surface area contributed by atoms with E-state index in [-0.39, 0.29) is 16.8 Å². The van der Waals surface area contributed by atoms with Gasteiger partial charge in [0, 0.05) is 12.6 Å². The summed E-state index contributed by atoms with van der Waals surface area (Å²) in [6, 6.07) is 19.7. The molecule has 0 bridgehead atoms. The third-order valence-corrected chi connectivity index (χ3v) is 7.19. The van der Waals surface area contributed by atoms with Crippen LogP contribution in [0.25, 0.3) is 0 Å². The molecule has 0 aliphatic heterocycles. The molecule has 3 aromatic carbocycles. The van der Waals surface area contributed by atoms with E-state index in [2.05, 4.69) is 5.32 Å². The van der Waals surface area contributed by atoms with Crippen LogP contribution in [0.5, 0.6) is 0 Å². The Hall–Kier alpha value is -3.12. The van der Waals surface area contributed by atoms with Gasteiger partial charge in [0.15, 0.2) is 0 Å². The van der Waals surface area contributed by atoms with Crippen LogP contribution in [0.4, 0.5) is 5.69 Å². The van der Waals surface area contributed by atoms with Gasteiger partial charge in [0.05, 0.1) is 16.6 Å². The Morgan fingerprint density at radius 3 is 1.97 bits per heavy atom. The quantitative estimate of drug-likeness (QED) is 0.596. The van der Waals surface area contributed by atoms with Gasteiger partial charge >= 0.3 is 0 Å². The van der Waals surface area contributed by atoms with Crippen LogP contribution in [0.3, 0.4) is 0 Å². The molecule has 0 fully saturated rings. The number of sulfonamides is 1. The van der Waals surface area contributed by atoms with Crippen LogP contribution in [-0.4, -0.2) is 21.4 Å². The summed E-state index contributed by atoms with van der Waals surface area (Å²) in [6.07, 6.45) is 0. The Bertz CT molecular complexity index is 1180. The maximum atomic E-state index is 13.0. The van der Waals surface area contributed by atoms with Crippen molar-refractivity contribution in [2.75, 3.05) is 11.4 Å². The van der Waals surface area contributed by atoms with Gasteiger partial charge in [-0.15, -0.1) is 0 Å². The Balaban J connectivity index is 1.79. The van der Waals surface area contributed by atoms with Crippen molar-refractivity contribution in [2.24, 2.45) is 0 Å². The van der Waals surface area contributed by atoms with Crippen LogP contribution in [-0.2, 0) is 10.0 Å². The molecule has 3 aromatic rings. The number of amides is 1. The number of nitrogens with zero attached hydrogens (tertiary/aromatic N) is 1. The lowest BCUT2D eigenvalue weighted by Crippen LogP contribution is -2.28. The molecule has 6 heteroatoms. The van der Waals surface area contributed by atoms with Crippen molar-refractivity contribution in [3.05, 3.63) is 94.5 Å². The summed E-state index contributed by atoms with van der Waals surface area (Å²) < 4.78 is 27.2. The third kappa shape index (κ3) is 4.97. The zero-order valence-corrected chi connectivity index (χ0v) is 19.3. The summed E-state index contributed by atoms with van der Waals surface area (Å²) in [4.78, 5) is 13.0. The molecule has 0 aliphatic rings. The molecular formula is C25H28N2O3S. The van der Waals surface area contributed by atoms with E-state index in [9.17, 15) is 13.2 Å². The van der Waals surface area contributed by atoms with E-state index >= 15 is 0 Å². The fraction of sp³-hybridized carbons (Fsp3) is 0.240. The number of hydrogen-bond donors (Lipinski definition) is 1. The molecule has 0 aromatic heterocycles. The molecule has 0 saturated carbocycles. The number of nitrogens with one attached hydrogen (secondary N) is 1. The van der Waals surface area contributed by atoms with Gasteiger partial charge in [-0.05, 0) is 69.2 Å². The average Bonchev–Trinajstić information content (AvgIpc) is 2.73.